The van der Waals surface area contributed by atoms with Gasteiger partial charge in [-0.2, -0.15) is 0 Å². The minimum absolute atomic E-state index is 0.303. The van der Waals surface area contributed by atoms with E-state index in [1.807, 2.05) is 30.5 Å². The van der Waals surface area contributed by atoms with Crippen molar-refractivity contribution in [1.82, 2.24) is 14.1 Å². The molecule has 160 valence electrons. The van der Waals surface area contributed by atoms with Crippen LogP contribution in [0.25, 0.3) is 11.3 Å². The molecule has 0 aliphatic carbocycles. The van der Waals surface area contributed by atoms with Crippen LogP contribution in [0.4, 0.5) is 5.69 Å². The van der Waals surface area contributed by atoms with Crippen molar-refractivity contribution in [3.05, 3.63) is 66.7 Å². The number of aromatic nitrogens is 3. The van der Waals surface area contributed by atoms with E-state index < -0.39 is 23.8 Å². The van der Waals surface area contributed by atoms with Crippen LogP contribution in [0.15, 0.2) is 39.4 Å². The second-order valence-electron chi connectivity index (χ2n) is 7.27. The van der Waals surface area contributed by atoms with Gasteiger partial charge in [-0.05, 0) is 31.0 Å². The van der Waals surface area contributed by atoms with Crippen molar-refractivity contribution in [3.63, 3.8) is 0 Å². The predicted octanol–water partition coefficient (Wildman–Crippen LogP) is 1.26. The maximum absolute atomic E-state index is 12.7. The largest absolute Gasteiger partial charge is 0.452 e. The molecule has 0 saturated carbocycles. The number of amides is 1. The van der Waals surface area contributed by atoms with Crippen LogP contribution in [0.5, 0.6) is 0 Å². The van der Waals surface area contributed by atoms with Crippen LogP contribution in [-0.4, -0.2) is 39.1 Å². The van der Waals surface area contributed by atoms with Crippen molar-refractivity contribution >= 4 is 28.9 Å². The van der Waals surface area contributed by atoms with Gasteiger partial charge in [-0.15, -0.1) is 11.3 Å². The average Bonchev–Trinajstić information content (AvgIpc) is 3.38. The molecule has 0 fully saturated rings. The molecule has 1 aliphatic rings. The van der Waals surface area contributed by atoms with Crippen LogP contribution >= 0.6 is 11.3 Å². The monoisotopic (exact) mass is 440 g/mol. The lowest BCUT2D eigenvalue weighted by molar-refractivity contribution is -0.121. The number of hydrogen-bond acceptors (Lipinski definition) is 7. The predicted molar refractivity (Wildman–Crippen MR) is 116 cm³/mol. The third kappa shape index (κ3) is 3.81. The molecule has 9 nitrogen and oxygen atoms in total. The Labute approximate surface area is 181 Å². The molecule has 1 aromatic carbocycles. The quantitative estimate of drug-likeness (QED) is 0.566. The Hall–Kier alpha value is -3.53. The minimum atomic E-state index is -0.946. The Balaban J connectivity index is 1.47. The molecule has 0 radical (unpaired) electrons. The van der Waals surface area contributed by atoms with Gasteiger partial charge >= 0.3 is 11.7 Å². The van der Waals surface area contributed by atoms with E-state index in [1.54, 1.807) is 16.2 Å². The van der Waals surface area contributed by atoms with Crippen molar-refractivity contribution in [2.24, 2.45) is 14.1 Å². The zero-order chi connectivity index (χ0) is 22.3. The van der Waals surface area contributed by atoms with E-state index in [1.165, 1.54) is 14.1 Å². The molecule has 3 heterocycles. The van der Waals surface area contributed by atoms with Crippen LogP contribution < -0.4 is 16.1 Å². The summed E-state index contributed by atoms with van der Waals surface area (Å²) in [6.45, 7) is 1.93. The van der Waals surface area contributed by atoms with Crippen LogP contribution in [-0.2, 0) is 30.0 Å². The first-order valence-electron chi connectivity index (χ1n) is 9.56. The van der Waals surface area contributed by atoms with Gasteiger partial charge in [0.05, 0.1) is 10.7 Å². The fourth-order valence-electron chi connectivity index (χ4n) is 3.55. The zero-order valence-electron chi connectivity index (χ0n) is 17.2. The topological polar surface area (TPSA) is 104 Å². The highest BCUT2D eigenvalue weighted by Gasteiger charge is 2.26. The summed E-state index contributed by atoms with van der Waals surface area (Å²) in [6, 6.07) is 5.81. The summed E-state index contributed by atoms with van der Waals surface area (Å²) in [6.07, 6.45) is 1.80. The maximum atomic E-state index is 12.7. The zero-order valence-corrected chi connectivity index (χ0v) is 18.1. The standard InChI is InChI=1S/C21H20N4O5S/c1-12-22-16(11-31-12)13-4-5-17-14(8-13)6-7-25(17)18(26)10-30-20(28)15-9-23(2)21(29)24(3)19(15)27/h4-5,8-9,11H,6-7,10H2,1-3H3. The second-order valence-corrected chi connectivity index (χ2v) is 8.33. The van der Waals surface area contributed by atoms with E-state index in [4.69, 9.17) is 4.74 Å². The molecule has 2 aromatic heterocycles. The Morgan fingerprint density at radius 3 is 2.71 bits per heavy atom. The number of hydrogen-bond donors (Lipinski definition) is 0. The minimum Gasteiger partial charge on any atom is -0.452 e. The van der Waals surface area contributed by atoms with E-state index in [-0.39, 0.29) is 11.5 Å². The van der Waals surface area contributed by atoms with Gasteiger partial charge in [-0.3, -0.25) is 14.2 Å². The van der Waals surface area contributed by atoms with Gasteiger partial charge in [-0.25, -0.2) is 14.6 Å². The van der Waals surface area contributed by atoms with Crippen LogP contribution in [0, 0.1) is 6.92 Å². The number of carbonyl (C=O) groups is 2. The second kappa shape index (κ2) is 7.95. The van der Waals surface area contributed by atoms with Gasteiger partial charge in [0.2, 0.25) is 0 Å². The van der Waals surface area contributed by atoms with E-state index >= 15 is 0 Å². The van der Waals surface area contributed by atoms with Gasteiger partial charge in [0, 0.05) is 43.5 Å². The van der Waals surface area contributed by atoms with Crippen molar-refractivity contribution in [2.45, 2.75) is 13.3 Å². The Morgan fingerprint density at radius 2 is 2.00 bits per heavy atom. The number of rotatable bonds is 4. The van der Waals surface area contributed by atoms with E-state index in [2.05, 4.69) is 4.98 Å². The normalized spacial score (nSPS) is 12.7. The van der Waals surface area contributed by atoms with E-state index in [9.17, 15) is 19.2 Å². The highest BCUT2D eigenvalue weighted by atomic mass is 32.1. The van der Waals surface area contributed by atoms with Crippen LogP contribution in [0.2, 0.25) is 0 Å². The van der Waals surface area contributed by atoms with Crippen molar-refractivity contribution in [2.75, 3.05) is 18.1 Å². The number of fused-ring (bicyclic) bond motifs is 1. The summed E-state index contributed by atoms with van der Waals surface area (Å²) >= 11 is 1.58. The first kappa shape index (κ1) is 20.7. The third-order valence-electron chi connectivity index (χ3n) is 5.18. The lowest BCUT2D eigenvalue weighted by Gasteiger charge is -2.17. The Kier molecular flexibility index (Phi) is 5.32. The third-order valence-corrected chi connectivity index (χ3v) is 5.96. The number of thiazole rings is 1. The molecule has 4 rings (SSSR count). The highest BCUT2D eigenvalue weighted by molar-refractivity contribution is 7.09. The van der Waals surface area contributed by atoms with E-state index in [0.29, 0.717) is 13.0 Å². The SMILES string of the molecule is Cc1nc(-c2ccc3c(c2)CCN3C(=O)COC(=O)c2cn(C)c(=O)n(C)c2=O)cs1. The summed E-state index contributed by atoms with van der Waals surface area (Å²) in [4.78, 5) is 55.0. The summed E-state index contributed by atoms with van der Waals surface area (Å²) < 4.78 is 7.00. The number of nitrogens with zero attached hydrogens (tertiary/aromatic N) is 4. The number of carbonyl (C=O) groups excluding carboxylic acids is 2. The molecule has 10 heteroatoms. The summed E-state index contributed by atoms with van der Waals surface area (Å²) in [5, 5.41) is 2.99. The van der Waals surface area contributed by atoms with Crippen LogP contribution in [0.1, 0.15) is 20.9 Å². The highest BCUT2D eigenvalue weighted by Crippen LogP contribution is 2.32. The van der Waals surface area contributed by atoms with Gasteiger partial charge in [0.15, 0.2) is 6.61 Å². The van der Waals surface area contributed by atoms with Crippen molar-refractivity contribution in [3.8, 4) is 11.3 Å². The fraction of sp³-hybridized carbons (Fsp3) is 0.286. The number of aryl methyl sites for hydroxylation is 2. The molecular weight excluding hydrogens is 420 g/mol. The summed E-state index contributed by atoms with van der Waals surface area (Å²) in [5.74, 6) is -1.33. The van der Waals surface area contributed by atoms with E-state index in [0.717, 1.165) is 42.8 Å². The molecule has 0 unspecified atom stereocenters. The molecule has 1 amide bonds. The van der Waals surface area contributed by atoms with Gasteiger partial charge in [-0.1, -0.05) is 6.07 Å². The van der Waals surface area contributed by atoms with Crippen LogP contribution in [0.3, 0.4) is 0 Å². The molecule has 0 spiro atoms. The summed E-state index contributed by atoms with van der Waals surface area (Å²) in [5.41, 5.74) is 2.07. The molecular formula is C21H20N4O5S. The first-order valence-corrected chi connectivity index (χ1v) is 10.4. The molecule has 0 N–H and O–H groups in total. The van der Waals surface area contributed by atoms with Gasteiger partial charge in [0.1, 0.15) is 5.56 Å². The number of ether oxygens (including phenoxy) is 1. The average molecular weight is 440 g/mol. The van der Waals surface area contributed by atoms with Crippen molar-refractivity contribution in [1.29, 1.82) is 0 Å². The Bertz CT molecular complexity index is 1320. The molecule has 0 saturated heterocycles. The smallest absolute Gasteiger partial charge is 0.345 e. The molecule has 31 heavy (non-hydrogen) atoms. The van der Waals surface area contributed by atoms with Gasteiger partial charge in [0.25, 0.3) is 11.5 Å². The molecule has 0 atom stereocenters. The Morgan fingerprint density at radius 1 is 1.23 bits per heavy atom. The first-order chi connectivity index (χ1) is 14.8. The number of esters is 1. The lowest BCUT2D eigenvalue weighted by Crippen LogP contribution is -2.40. The number of anilines is 1. The van der Waals surface area contributed by atoms with Crippen molar-refractivity contribution < 1.29 is 14.3 Å². The number of benzene rings is 1. The lowest BCUT2D eigenvalue weighted by atomic mass is 10.1. The summed E-state index contributed by atoms with van der Waals surface area (Å²) in [7, 11) is 2.70. The molecule has 0 bridgehead atoms. The molecule has 1 aliphatic heterocycles. The van der Waals surface area contributed by atoms with Gasteiger partial charge < -0.3 is 14.2 Å². The molecule has 3 aromatic rings. The maximum Gasteiger partial charge on any atom is 0.345 e. The fourth-order valence-corrected chi connectivity index (χ4v) is 4.17.